The lowest BCUT2D eigenvalue weighted by molar-refractivity contribution is -0.137. The number of hydrogen-bond donors (Lipinski definition) is 1. The number of nitrogens with two attached hydrogens (primary N) is 1. The smallest absolute Gasteiger partial charge is 0.416 e. The summed E-state index contributed by atoms with van der Waals surface area (Å²) < 4.78 is 51.7. The molecular formula is C29H30F3N5O3. The molecule has 1 atom stereocenters. The molecule has 0 saturated carbocycles. The third kappa shape index (κ3) is 5.68. The average molecular weight is 554 g/mol. The lowest BCUT2D eigenvalue weighted by atomic mass is 10.1. The van der Waals surface area contributed by atoms with Crippen LogP contribution in [0.2, 0.25) is 0 Å². The molecule has 0 spiro atoms. The summed E-state index contributed by atoms with van der Waals surface area (Å²) in [7, 11) is 0. The number of likely N-dealkylation sites (tertiary alicyclic amines) is 1. The predicted molar refractivity (Wildman–Crippen MR) is 144 cm³/mol. The van der Waals surface area contributed by atoms with Gasteiger partial charge in [0, 0.05) is 24.5 Å². The molecule has 11 heteroatoms. The normalized spacial score (nSPS) is 15.9. The number of hydrogen-bond acceptors (Lipinski definition) is 6. The highest BCUT2D eigenvalue weighted by Gasteiger charge is 2.36. The van der Waals surface area contributed by atoms with Crippen LogP contribution >= 0.6 is 0 Å². The highest BCUT2D eigenvalue weighted by molar-refractivity contribution is 5.85. The van der Waals surface area contributed by atoms with E-state index in [4.69, 9.17) is 20.2 Å². The van der Waals surface area contributed by atoms with Gasteiger partial charge in [0.2, 0.25) is 0 Å². The number of nitrogens with zero attached hydrogens (tertiary/aromatic N) is 4. The Morgan fingerprint density at radius 3 is 2.42 bits per heavy atom. The van der Waals surface area contributed by atoms with Crippen LogP contribution in [-0.2, 0) is 17.5 Å². The largest absolute Gasteiger partial charge is 0.489 e. The van der Waals surface area contributed by atoms with Crippen LogP contribution in [0.5, 0.6) is 5.75 Å². The summed E-state index contributed by atoms with van der Waals surface area (Å²) in [6.07, 6.45) is 0.172. The second-order valence-corrected chi connectivity index (χ2v) is 10.7. The summed E-state index contributed by atoms with van der Waals surface area (Å²) in [4.78, 5) is 23.9. The molecule has 2 aromatic carbocycles. The van der Waals surface area contributed by atoms with Gasteiger partial charge in [0.25, 0.3) is 0 Å². The SMILES string of the molecule is CC(C)(C)OC(=O)N1CCC[C@H]1c1nc(-c2ccc(OCc3ccc(C(F)(F)F)cc3)cc2)c2c(N)nccn12. The monoisotopic (exact) mass is 553 g/mol. The number of aromatic nitrogens is 3. The quantitative estimate of drug-likeness (QED) is 0.297. The second kappa shape index (κ2) is 10.4. The molecule has 40 heavy (non-hydrogen) atoms. The van der Waals surface area contributed by atoms with Gasteiger partial charge in [-0.05, 0) is 75.6 Å². The molecule has 0 radical (unpaired) electrons. The van der Waals surface area contributed by atoms with Crippen LogP contribution in [0.25, 0.3) is 16.8 Å². The Hall–Kier alpha value is -4.28. The fraction of sp³-hybridized carbons (Fsp3) is 0.345. The summed E-state index contributed by atoms with van der Waals surface area (Å²) in [5.74, 6) is 1.52. The zero-order chi connectivity index (χ0) is 28.7. The number of rotatable bonds is 5. The number of ether oxygens (including phenoxy) is 2. The maximum absolute atomic E-state index is 13.0. The molecule has 1 fully saturated rings. The fourth-order valence-corrected chi connectivity index (χ4v) is 4.76. The number of halogens is 3. The number of alkyl halides is 3. The highest BCUT2D eigenvalue weighted by atomic mass is 19.4. The molecule has 1 aliphatic rings. The van der Waals surface area contributed by atoms with Crippen LogP contribution in [0.4, 0.5) is 23.8 Å². The van der Waals surface area contributed by atoms with Gasteiger partial charge in [-0.15, -0.1) is 0 Å². The minimum atomic E-state index is -4.38. The molecule has 0 unspecified atom stereocenters. The van der Waals surface area contributed by atoms with Gasteiger partial charge >= 0.3 is 12.3 Å². The maximum atomic E-state index is 13.0. The molecule has 210 valence electrons. The second-order valence-electron chi connectivity index (χ2n) is 10.7. The molecule has 2 N–H and O–H groups in total. The minimum Gasteiger partial charge on any atom is -0.489 e. The highest BCUT2D eigenvalue weighted by Crippen LogP contribution is 2.37. The Kier molecular flexibility index (Phi) is 7.07. The van der Waals surface area contributed by atoms with Gasteiger partial charge in [-0.2, -0.15) is 13.2 Å². The van der Waals surface area contributed by atoms with E-state index in [-0.39, 0.29) is 18.7 Å². The Morgan fingerprint density at radius 2 is 1.77 bits per heavy atom. The standard InChI is InChI=1S/C29H30F3N5O3/c1-28(2,3)40-27(38)36-15-4-5-22(36)26-35-23(24-25(33)34-14-16-37(24)26)19-8-12-21(13-9-19)39-17-18-6-10-20(11-7-18)29(30,31)32/h6-14,16,22H,4-5,15,17H2,1-3H3,(H2,33,34)/t22-/m0/s1. The van der Waals surface area contributed by atoms with Gasteiger partial charge in [0.15, 0.2) is 0 Å². The van der Waals surface area contributed by atoms with Gasteiger partial charge in [-0.3, -0.25) is 9.30 Å². The van der Waals surface area contributed by atoms with E-state index in [0.29, 0.717) is 40.7 Å². The first kappa shape index (κ1) is 27.3. The van der Waals surface area contributed by atoms with E-state index in [0.717, 1.165) is 30.5 Å². The number of imidazole rings is 1. The third-order valence-corrected chi connectivity index (χ3v) is 6.60. The predicted octanol–water partition coefficient (Wildman–Crippen LogP) is 6.65. The first-order chi connectivity index (χ1) is 18.9. The number of carbonyl (C=O) groups is 1. The molecule has 3 heterocycles. The molecule has 0 bridgehead atoms. The molecular weight excluding hydrogens is 523 g/mol. The van der Waals surface area contributed by atoms with Crippen molar-refractivity contribution in [2.45, 2.75) is 58.0 Å². The van der Waals surface area contributed by atoms with Crippen molar-refractivity contribution in [2.24, 2.45) is 0 Å². The molecule has 5 rings (SSSR count). The Labute approximate surface area is 229 Å². The molecule has 2 aromatic heterocycles. The number of amides is 1. The van der Waals surface area contributed by atoms with E-state index < -0.39 is 17.3 Å². The van der Waals surface area contributed by atoms with Crippen molar-refractivity contribution in [3.8, 4) is 17.0 Å². The zero-order valence-corrected chi connectivity index (χ0v) is 22.4. The summed E-state index contributed by atoms with van der Waals surface area (Å²) in [5, 5.41) is 0. The fourth-order valence-electron chi connectivity index (χ4n) is 4.76. The Balaban J connectivity index is 1.39. The molecule has 4 aromatic rings. The zero-order valence-electron chi connectivity index (χ0n) is 22.4. The van der Waals surface area contributed by atoms with E-state index in [1.165, 1.54) is 12.1 Å². The van der Waals surface area contributed by atoms with E-state index in [9.17, 15) is 18.0 Å². The number of benzene rings is 2. The van der Waals surface area contributed by atoms with Gasteiger partial charge < -0.3 is 15.2 Å². The van der Waals surface area contributed by atoms with Crippen molar-refractivity contribution in [1.29, 1.82) is 0 Å². The molecule has 1 amide bonds. The number of nitrogen functional groups attached to an aromatic ring is 1. The lowest BCUT2D eigenvalue weighted by Gasteiger charge is -2.28. The van der Waals surface area contributed by atoms with Gasteiger partial charge in [-0.1, -0.05) is 12.1 Å². The van der Waals surface area contributed by atoms with Crippen LogP contribution in [0.3, 0.4) is 0 Å². The summed E-state index contributed by atoms with van der Waals surface area (Å²) in [6, 6.07) is 11.8. The number of carbonyl (C=O) groups excluding carboxylic acids is 1. The van der Waals surface area contributed by atoms with Crippen molar-refractivity contribution in [1.82, 2.24) is 19.3 Å². The van der Waals surface area contributed by atoms with Crippen molar-refractivity contribution in [2.75, 3.05) is 12.3 Å². The van der Waals surface area contributed by atoms with Crippen LogP contribution in [-0.4, -0.2) is 37.5 Å². The summed E-state index contributed by atoms with van der Waals surface area (Å²) in [5.41, 5.74) is 7.61. The van der Waals surface area contributed by atoms with Crippen LogP contribution in [0, 0.1) is 0 Å². The molecule has 1 aliphatic heterocycles. The molecule has 1 saturated heterocycles. The van der Waals surface area contributed by atoms with Gasteiger partial charge in [0.05, 0.1) is 11.6 Å². The third-order valence-electron chi connectivity index (χ3n) is 6.60. The minimum absolute atomic E-state index is 0.119. The number of fused-ring (bicyclic) bond motifs is 1. The van der Waals surface area contributed by atoms with Crippen LogP contribution < -0.4 is 10.5 Å². The summed E-state index contributed by atoms with van der Waals surface area (Å²) >= 11 is 0. The van der Waals surface area contributed by atoms with Crippen molar-refractivity contribution >= 4 is 17.4 Å². The van der Waals surface area contributed by atoms with E-state index in [2.05, 4.69) is 4.98 Å². The van der Waals surface area contributed by atoms with Gasteiger partial charge in [-0.25, -0.2) is 14.8 Å². The van der Waals surface area contributed by atoms with Gasteiger partial charge in [0.1, 0.15) is 40.8 Å². The number of anilines is 1. The first-order valence-electron chi connectivity index (χ1n) is 12.9. The van der Waals surface area contributed by atoms with Crippen molar-refractivity contribution in [3.05, 3.63) is 77.9 Å². The Morgan fingerprint density at radius 1 is 1.07 bits per heavy atom. The van der Waals surface area contributed by atoms with E-state index in [1.807, 2.05) is 37.3 Å². The van der Waals surface area contributed by atoms with Crippen molar-refractivity contribution < 1.29 is 27.4 Å². The summed E-state index contributed by atoms with van der Waals surface area (Å²) in [6.45, 7) is 6.19. The molecule has 0 aliphatic carbocycles. The lowest BCUT2D eigenvalue weighted by Crippen LogP contribution is -2.36. The first-order valence-corrected chi connectivity index (χ1v) is 12.9. The average Bonchev–Trinajstić information content (AvgIpc) is 3.52. The van der Waals surface area contributed by atoms with Crippen molar-refractivity contribution in [3.63, 3.8) is 0 Å². The van der Waals surface area contributed by atoms with Crippen LogP contribution in [0.1, 0.15) is 56.6 Å². The van der Waals surface area contributed by atoms with E-state index >= 15 is 0 Å². The molecule has 8 nitrogen and oxygen atoms in total. The maximum Gasteiger partial charge on any atom is 0.416 e. The van der Waals surface area contributed by atoms with Crippen LogP contribution in [0.15, 0.2) is 60.9 Å². The Bertz CT molecular complexity index is 1510. The van der Waals surface area contributed by atoms with E-state index in [1.54, 1.807) is 29.4 Å². The topological polar surface area (TPSA) is 95.0 Å².